The molecule has 3 aromatic heterocycles. The van der Waals surface area contributed by atoms with E-state index in [2.05, 4.69) is 10.2 Å². The van der Waals surface area contributed by atoms with E-state index in [1.165, 1.54) is 12.1 Å². The molecule has 3 heterocycles. The number of carbonyl (C=O) groups is 1. The van der Waals surface area contributed by atoms with Crippen molar-refractivity contribution in [3.63, 3.8) is 0 Å². The van der Waals surface area contributed by atoms with Gasteiger partial charge in [0.25, 0.3) is 11.1 Å². The fraction of sp³-hybridized carbons (Fsp3) is 0.261. The fourth-order valence-electron chi connectivity index (χ4n) is 3.31. The van der Waals surface area contributed by atoms with Crippen molar-refractivity contribution in [2.45, 2.75) is 38.6 Å². The molecule has 7 nitrogen and oxygen atoms in total. The van der Waals surface area contributed by atoms with Crippen LogP contribution >= 0.6 is 11.8 Å². The lowest BCUT2D eigenvalue weighted by atomic mass is 10.2. The van der Waals surface area contributed by atoms with Crippen LogP contribution in [0.4, 0.5) is 4.39 Å². The summed E-state index contributed by atoms with van der Waals surface area (Å²) < 4.78 is 32.4. The van der Waals surface area contributed by atoms with Crippen LogP contribution in [0.15, 0.2) is 62.8 Å². The largest absolute Gasteiger partial charge is 0.478 e. The Morgan fingerprint density at radius 2 is 2.03 bits per heavy atom. The number of rotatable bonds is 9. The summed E-state index contributed by atoms with van der Waals surface area (Å²) >= 11 is 1.15. The Hall–Kier alpha value is -3.33. The third-order valence-electron chi connectivity index (χ3n) is 5.01. The predicted octanol–water partition coefficient (Wildman–Crippen LogP) is 5.38. The lowest BCUT2D eigenvalue weighted by Crippen LogP contribution is -2.07. The van der Waals surface area contributed by atoms with Gasteiger partial charge in [-0.3, -0.25) is 4.79 Å². The van der Waals surface area contributed by atoms with E-state index in [1.54, 1.807) is 25.3 Å². The third kappa shape index (κ3) is 4.77. The number of furan rings is 1. The molecule has 0 aliphatic heterocycles. The van der Waals surface area contributed by atoms with E-state index in [-0.39, 0.29) is 28.4 Å². The molecule has 0 amide bonds. The Bertz CT molecular complexity index is 1220. The van der Waals surface area contributed by atoms with Gasteiger partial charge in [0.1, 0.15) is 5.76 Å². The summed E-state index contributed by atoms with van der Waals surface area (Å²) in [6.45, 7) is 6.13. The second kappa shape index (κ2) is 9.44. The molecule has 0 radical (unpaired) electrons. The van der Waals surface area contributed by atoms with Crippen LogP contribution in [0.3, 0.4) is 0 Å². The molecular formula is C23H22FN3O4S. The van der Waals surface area contributed by atoms with Crippen molar-refractivity contribution in [2.24, 2.45) is 0 Å². The second-order valence-electron chi connectivity index (χ2n) is 7.26. The number of nitrogens with zero attached hydrogens (tertiary/aromatic N) is 3. The fourth-order valence-corrected chi connectivity index (χ4v) is 3.97. The zero-order valence-corrected chi connectivity index (χ0v) is 18.7. The van der Waals surface area contributed by atoms with Crippen molar-refractivity contribution in [3.05, 3.63) is 83.1 Å². The number of hydrogen-bond acceptors (Lipinski definition) is 7. The van der Waals surface area contributed by atoms with Gasteiger partial charge in [-0.1, -0.05) is 23.9 Å². The second-order valence-corrected chi connectivity index (χ2v) is 8.19. The minimum atomic E-state index is -0.634. The quantitative estimate of drug-likeness (QED) is 0.247. The number of halogens is 1. The number of aryl methyl sites for hydroxylation is 1. The maximum atomic E-state index is 13.8. The number of ketones is 1. The van der Waals surface area contributed by atoms with E-state index in [4.69, 9.17) is 13.6 Å². The van der Waals surface area contributed by atoms with Crippen molar-refractivity contribution in [2.75, 3.05) is 5.75 Å². The summed E-state index contributed by atoms with van der Waals surface area (Å²) in [4.78, 5) is 12.8. The van der Waals surface area contributed by atoms with Crippen LogP contribution in [0, 0.1) is 19.7 Å². The van der Waals surface area contributed by atoms with Gasteiger partial charge < -0.3 is 18.1 Å². The molecule has 4 rings (SSSR count). The van der Waals surface area contributed by atoms with Crippen molar-refractivity contribution in [1.29, 1.82) is 0 Å². The summed E-state index contributed by atoms with van der Waals surface area (Å²) in [6.07, 6.45) is 0.998. The van der Waals surface area contributed by atoms with Crippen molar-refractivity contribution < 1.29 is 22.8 Å². The van der Waals surface area contributed by atoms with E-state index < -0.39 is 11.9 Å². The lowest BCUT2D eigenvalue weighted by molar-refractivity contribution is 0.102. The summed E-state index contributed by atoms with van der Waals surface area (Å²) in [5.41, 5.74) is 2.51. The first-order valence-electron chi connectivity index (χ1n) is 10.0. The van der Waals surface area contributed by atoms with Crippen LogP contribution < -0.4 is 4.74 Å². The van der Waals surface area contributed by atoms with Crippen molar-refractivity contribution in [1.82, 2.24) is 14.8 Å². The first-order chi connectivity index (χ1) is 15.4. The average Bonchev–Trinajstić information content (AvgIpc) is 3.52. The average molecular weight is 456 g/mol. The number of benzene rings is 1. The number of thioether (sulfide) groups is 1. The van der Waals surface area contributed by atoms with E-state index in [0.29, 0.717) is 12.1 Å². The van der Waals surface area contributed by atoms with Crippen LogP contribution in [0.2, 0.25) is 0 Å². The Balaban J connectivity index is 1.38. The molecule has 1 atom stereocenters. The van der Waals surface area contributed by atoms with Gasteiger partial charge in [-0.25, -0.2) is 4.39 Å². The van der Waals surface area contributed by atoms with E-state index in [0.717, 1.165) is 28.9 Å². The number of aromatic nitrogens is 3. The Morgan fingerprint density at radius 3 is 2.78 bits per heavy atom. The molecule has 0 aliphatic carbocycles. The highest BCUT2D eigenvalue weighted by Crippen LogP contribution is 2.26. The van der Waals surface area contributed by atoms with E-state index in [1.807, 2.05) is 36.6 Å². The zero-order valence-electron chi connectivity index (χ0n) is 17.9. The number of ether oxygens (including phenoxy) is 1. The van der Waals surface area contributed by atoms with Crippen LogP contribution in [0.25, 0.3) is 0 Å². The highest BCUT2D eigenvalue weighted by atomic mass is 32.2. The maximum absolute atomic E-state index is 13.8. The summed E-state index contributed by atoms with van der Waals surface area (Å²) in [6, 6.07) is 11.7. The van der Waals surface area contributed by atoms with Crippen LogP contribution in [-0.2, 0) is 6.54 Å². The van der Waals surface area contributed by atoms with Crippen LogP contribution in [-0.4, -0.2) is 26.3 Å². The number of carbonyl (C=O) groups excluding carboxylic acids is 1. The van der Waals surface area contributed by atoms with E-state index >= 15 is 0 Å². The number of Topliss-reactive ketones (excluding diaryl/α,β-unsaturated/α-hetero) is 1. The summed E-state index contributed by atoms with van der Waals surface area (Å²) in [7, 11) is 0. The Kier molecular flexibility index (Phi) is 6.45. The Morgan fingerprint density at radius 1 is 1.22 bits per heavy atom. The highest BCUT2D eigenvalue weighted by Gasteiger charge is 2.20. The molecule has 166 valence electrons. The molecule has 9 heteroatoms. The van der Waals surface area contributed by atoms with Gasteiger partial charge in [0.2, 0.25) is 0 Å². The van der Waals surface area contributed by atoms with Gasteiger partial charge in [-0.2, -0.15) is 0 Å². The van der Waals surface area contributed by atoms with Crippen molar-refractivity contribution in [3.8, 4) is 5.75 Å². The molecule has 0 saturated carbocycles. The molecule has 0 aliphatic rings. The van der Waals surface area contributed by atoms with Crippen LogP contribution in [0.5, 0.6) is 5.75 Å². The Labute approximate surface area is 188 Å². The first kappa shape index (κ1) is 21.9. The van der Waals surface area contributed by atoms with Crippen molar-refractivity contribution >= 4 is 17.5 Å². The van der Waals surface area contributed by atoms with Gasteiger partial charge in [0.15, 0.2) is 23.5 Å². The first-order valence-corrected chi connectivity index (χ1v) is 11.0. The minimum Gasteiger partial charge on any atom is -0.478 e. The SMILES string of the molecule is Cc1cc(C(=O)CSc2nnc([C@@H](C)Oc3ccccc3F)o2)c(C)n1Cc1ccco1. The summed E-state index contributed by atoms with van der Waals surface area (Å²) in [5, 5.41) is 8.18. The normalized spacial score (nSPS) is 12.1. The highest BCUT2D eigenvalue weighted by molar-refractivity contribution is 7.99. The van der Waals surface area contributed by atoms with Crippen LogP contribution in [0.1, 0.15) is 46.4 Å². The molecule has 32 heavy (non-hydrogen) atoms. The molecule has 0 saturated heterocycles. The zero-order chi connectivity index (χ0) is 22.7. The maximum Gasteiger partial charge on any atom is 0.277 e. The van der Waals surface area contributed by atoms with Gasteiger partial charge in [-0.05, 0) is 51.1 Å². The molecule has 0 fully saturated rings. The minimum absolute atomic E-state index is 0.0378. The van der Waals surface area contributed by atoms with Gasteiger partial charge in [0.05, 0.1) is 18.6 Å². The number of para-hydroxylation sites is 1. The predicted molar refractivity (Wildman–Crippen MR) is 117 cm³/mol. The lowest BCUT2D eigenvalue weighted by Gasteiger charge is -2.11. The molecule has 0 unspecified atom stereocenters. The molecular weight excluding hydrogens is 433 g/mol. The molecule has 1 aromatic carbocycles. The van der Waals surface area contributed by atoms with Gasteiger partial charge in [-0.15, -0.1) is 10.2 Å². The summed E-state index contributed by atoms with van der Waals surface area (Å²) in [5.74, 6) is 0.778. The van der Waals surface area contributed by atoms with Gasteiger partial charge >= 0.3 is 0 Å². The molecule has 0 N–H and O–H groups in total. The topological polar surface area (TPSA) is 83.3 Å². The number of hydrogen-bond donors (Lipinski definition) is 0. The smallest absolute Gasteiger partial charge is 0.277 e. The molecule has 0 spiro atoms. The standard InChI is InChI=1S/C23H22FN3O4S/c1-14-11-18(15(2)27(14)12-17-7-6-10-29-17)20(28)13-32-23-26-25-22(31-23)16(3)30-21-9-5-4-8-19(21)24/h4-11,16H,12-13H2,1-3H3/t16-/m1/s1. The van der Waals surface area contributed by atoms with Gasteiger partial charge in [0, 0.05) is 17.0 Å². The monoisotopic (exact) mass is 455 g/mol. The third-order valence-corrected chi connectivity index (χ3v) is 5.82. The molecule has 4 aromatic rings. The molecule has 0 bridgehead atoms. The van der Waals surface area contributed by atoms with E-state index in [9.17, 15) is 9.18 Å².